The number of rotatable bonds is 6. The van der Waals surface area contributed by atoms with Crippen LogP contribution in [0.1, 0.15) is 31.2 Å². The molecule has 0 unspecified atom stereocenters. The van der Waals surface area contributed by atoms with Crippen molar-refractivity contribution in [1.82, 2.24) is 0 Å². The average Bonchev–Trinajstić information content (AvgIpc) is 2.20. The third-order valence-corrected chi connectivity index (χ3v) is 3.13. The van der Waals surface area contributed by atoms with Crippen molar-refractivity contribution < 1.29 is 0 Å². The summed E-state index contributed by atoms with van der Waals surface area (Å²) >= 11 is 3.56. The molecule has 0 radical (unpaired) electrons. The number of hydrogen-bond acceptors (Lipinski definition) is 1. The zero-order valence-corrected chi connectivity index (χ0v) is 10.1. The summed E-state index contributed by atoms with van der Waals surface area (Å²) in [6.45, 7) is 0.828. The maximum Gasteiger partial charge on any atom is 0.0207 e. The van der Waals surface area contributed by atoms with E-state index in [1.54, 1.807) is 0 Å². The van der Waals surface area contributed by atoms with Gasteiger partial charge in [-0.05, 0) is 37.4 Å². The summed E-state index contributed by atoms with van der Waals surface area (Å²) in [6.07, 6.45) is 6.16. The van der Waals surface area contributed by atoms with Crippen LogP contribution < -0.4 is 5.73 Å². The fraction of sp³-hybridized carbons (Fsp3) is 0.500. The molecule has 2 N–H and O–H groups in total. The molecule has 0 spiro atoms. The lowest BCUT2D eigenvalue weighted by Gasteiger charge is -2.03. The standard InChI is InChI=1S/C12H18BrN/c13-12-9-5-4-8-11(12)7-3-1-2-6-10-14/h4-5,8-9H,1-3,6-7,10,14H2. The van der Waals surface area contributed by atoms with Gasteiger partial charge in [0, 0.05) is 4.47 Å². The number of aryl methyl sites for hydroxylation is 1. The van der Waals surface area contributed by atoms with Crippen molar-refractivity contribution in [3.63, 3.8) is 0 Å². The van der Waals surface area contributed by atoms with E-state index in [-0.39, 0.29) is 0 Å². The first-order chi connectivity index (χ1) is 6.84. The van der Waals surface area contributed by atoms with Crippen molar-refractivity contribution in [2.75, 3.05) is 6.54 Å². The molecule has 1 rings (SSSR count). The molecule has 0 aliphatic rings. The quantitative estimate of drug-likeness (QED) is 0.774. The Balaban J connectivity index is 2.21. The minimum atomic E-state index is 0.828. The first-order valence-corrected chi connectivity index (χ1v) is 6.07. The molecule has 0 heterocycles. The first-order valence-electron chi connectivity index (χ1n) is 5.28. The fourth-order valence-corrected chi connectivity index (χ4v) is 2.00. The zero-order chi connectivity index (χ0) is 10.2. The normalized spacial score (nSPS) is 10.4. The number of halogens is 1. The predicted molar refractivity (Wildman–Crippen MR) is 65.4 cm³/mol. The van der Waals surface area contributed by atoms with Crippen LogP contribution in [0.15, 0.2) is 28.7 Å². The van der Waals surface area contributed by atoms with Gasteiger partial charge in [-0.1, -0.05) is 47.0 Å². The van der Waals surface area contributed by atoms with Gasteiger partial charge in [-0.3, -0.25) is 0 Å². The lowest BCUT2D eigenvalue weighted by Crippen LogP contribution is -1.97. The molecular weight excluding hydrogens is 238 g/mol. The van der Waals surface area contributed by atoms with Crippen molar-refractivity contribution in [3.05, 3.63) is 34.3 Å². The fourth-order valence-electron chi connectivity index (χ4n) is 1.51. The van der Waals surface area contributed by atoms with Gasteiger partial charge in [0.15, 0.2) is 0 Å². The highest BCUT2D eigenvalue weighted by Crippen LogP contribution is 2.18. The molecule has 0 amide bonds. The monoisotopic (exact) mass is 255 g/mol. The molecule has 1 aromatic rings. The van der Waals surface area contributed by atoms with E-state index in [1.165, 1.54) is 35.7 Å². The van der Waals surface area contributed by atoms with Gasteiger partial charge in [0.2, 0.25) is 0 Å². The van der Waals surface area contributed by atoms with E-state index in [2.05, 4.69) is 40.2 Å². The minimum absolute atomic E-state index is 0.828. The van der Waals surface area contributed by atoms with Crippen molar-refractivity contribution in [3.8, 4) is 0 Å². The van der Waals surface area contributed by atoms with Crippen molar-refractivity contribution >= 4 is 15.9 Å². The van der Waals surface area contributed by atoms with Crippen molar-refractivity contribution in [2.45, 2.75) is 32.1 Å². The zero-order valence-electron chi connectivity index (χ0n) is 8.51. The number of benzene rings is 1. The molecular formula is C12H18BrN. The van der Waals surface area contributed by atoms with E-state index >= 15 is 0 Å². The molecule has 0 aromatic heterocycles. The third kappa shape index (κ3) is 4.25. The van der Waals surface area contributed by atoms with Crippen LogP contribution in [0.5, 0.6) is 0 Å². The molecule has 0 aliphatic carbocycles. The SMILES string of the molecule is NCCCCCCc1ccccc1Br. The third-order valence-electron chi connectivity index (χ3n) is 2.36. The van der Waals surface area contributed by atoms with Gasteiger partial charge in [-0.25, -0.2) is 0 Å². The second-order valence-corrected chi connectivity index (χ2v) is 4.40. The van der Waals surface area contributed by atoms with E-state index in [0.717, 1.165) is 13.0 Å². The van der Waals surface area contributed by atoms with Gasteiger partial charge in [-0.2, -0.15) is 0 Å². The summed E-state index contributed by atoms with van der Waals surface area (Å²) in [5.41, 5.74) is 6.86. The summed E-state index contributed by atoms with van der Waals surface area (Å²) in [5, 5.41) is 0. The predicted octanol–water partition coefficient (Wildman–Crippen LogP) is 3.51. The average molecular weight is 256 g/mol. The maximum absolute atomic E-state index is 5.44. The first kappa shape index (κ1) is 11.7. The van der Waals surface area contributed by atoms with Crippen LogP contribution in [-0.4, -0.2) is 6.54 Å². The van der Waals surface area contributed by atoms with Crippen LogP contribution in [-0.2, 0) is 6.42 Å². The molecule has 0 atom stereocenters. The topological polar surface area (TPSA) is 26.0 Å². The van der Waals surface area contributed by atoms with E-state index in [9.17, 15) is 0 Å². The van der Waals surface area contributed by atoms with Crippen LogP contribution in [0.25, 0.3) is 0 Å². The van der Waals surface area contributed by atoms with Gasteiger partial charge in [0.05, 0.1) is 0 Å². The van der Waals surface area contributed by atoms with Gasteiger partial charge in [-0.15, -0.1) is 0 Å². The van der Waals surface area contributed by atoms with E-state index in [4.69, 9.17) is 5.73 Å². The Labute approximate surface area is 94.8 Å². The van der Waals surface area contributed by atoms with Gasteiger partial charge < -0.3 is 5.73 Å². The Bertz CT molecular complexity index is 260. The lowest BCUT2D eigenvalue weighted by atomic mass is 10.1. The molecule has 1 nitrogen and oxygen atoms in total. The number of unbranched alkanes of at least 4 members (excludes halogenated alkanes) is 3. The van der Waals surface area contributed by atoms with Crippen LogP contribution in [0, 0.1) is 0 Å². The van der Waals surface area contributed by atoms with E-state index in [1.807, 2.05) is 0 Å². The highest BCUT2D eigenvalue weighted by Gasteiger charge is 1.97. The lowest BCUT2D eigenvalue weighted by molar-refractivity contribution is 0.646. The molecule has 0 aliphatic heterocycles. The second kappa shape index (κ2) is 7.02. The maximum atomic E-state index is 5.44. The Hall–Kier alpha value is -0.340. The molecule has 2 heteroatoms. The molecule has 0 saturated heterocycles. The van der Waals surface area contributed by atoms with Gasteiger partial charge in [0.25, 0.3) is 0 Å². The van der Waals surface area contributed by atoms with Crippen LogP contribution in [0.2, 0.25) is 0 Å². The Morgan fingerprint density at radius 3 is 2.43 bits per heavy atom. The molecule has 0 bridgehead atoms. The summed E-state index contributed by atoms with van der Waals surface area (Å²) in [4.78, 5) is 0. The molecule has 1 aromatic carbocycles. The highest BCUT2D eigenvalue weighted by molar-refractivity contribution is 9.10. The van der Waals surface area contributed by atoms with Crippen LogP contribution in [0.3, 0.4) is 0 Å². The highest BCUT2D eigenvalue weighted by atomic mass is 79.9. The van der Waals surface area contributed by atoms with Gasteiger partial charge >= 0.3 is 0 Å². The molecule has 14 heavy (non-hydrogen) atoms. The molecule has 78 valence electrons. The summed E-state index contributed by atoms with van der Waals surface area (Å²) in [7, 11) is 0. The molecule has 0 saturated carbocycles. The van der Waals surface area contributed by atoms with E-state index in [0.29, 0.717) is 0 Å². The van der Waals surface area contributed by atoms with Crippen LogP contribution >= 0.6 is 15.9 Å². The summed E-state index contributed by atoms with van der Waals surface area (Å²) < 4.78 is 1.24. The molecule has 0 fully saturated rings. The van der Waals surface area contributed by atoms with Gasteiger partial charge in [0.1, 0.15) is 0 Å². The summed E-state index contributed by atoms with van der Waals surface area (Å²) in [6, 6.07) is 8.45. The van der Waals surface area contributed by atoms with Crippen LogP contribution in [0.4, 0.5) is 0 Å². The minimum Gasteiger partial charge on any atom is -0.330 e. The Morgan fingerprint density at radius 2 is 1.71 bits per heavy atom. The Morgan fingerprint density at radius 1 is 1.00 bits per heavy atom. The number of hydrogen-bond donors (Lipinski definition) is 1. The second-order valence-electron chi connectivity index (χ2n) is 3.54. The van der Waals surface area contributed by atoms with E-state index < -0.39 is 0 Å². The smallest absolute Gasteiger partial charge is 0.0207 e. The largest absolute Gasteiger partial charge is 0.330 e. The summed E-state index contributed by atoms with van der Waals surface area (Å²) in [5.74, 6) is 0. The number of nitrogens with two attached hydrogens (primary N) is 1. The van der Waals surface area contributed by atoms with Crippen molar-refractivity contribution in [1.29, 1.82) is 0 Å². The Kier molecular flexibility index (Phi) is 5.88. The van der Waals surface area contributed by atoms with Crippen molar-refractivity contribution in [2.24, 2.45) is 5.73 Å².